The number of anilines is 1. The highest BCUT2D eigenvalue weighted by Gasteiger charge is 2.50. The first-order valence-corrected chi connectivity index (χ1v) is 13.1. The Morgan fingerprint density at radius 1 is 1.31 bits per heavy atom. The number of carbonyl (C=O) groups is 1. The van der Waals surface area contributed by atoms with Crippen molar-refractivity contribution in [3.8, 4) is 5.75 Å². The molecule has 0 spiro atoms. The molecule has 2 heterocycles. The van der Waals surface area contributed by atoms with E-state index in [2.05, 4.69) is 4.99 Å². The lowest BCUT2D eigenvalue weighted by atomic mass is 10.0. The Kier molecular flexibility index (Phi) is 6.14. The standard InChI is InChI=1S/C20H25ClN2O4S2/c1-27-17-8-7-14(21)10-15(17)23-16-11-29(25,26)12-18(16)28-20(23)22-19(24)9-6-13-4-2-3-5-13/h7-8,10,13,16,18H,2-6,9,11-12H2,1H3/t16-,18-/m0/s1. The molecule has 1 aliphatic carbocycles. The van der Waals surface area contributed by atoms with Gasteiger partial charge in [0.2, 0.25) is 5.91 Å². The van der Waals surface area contributed by atoms with Crippen LogP contribution in [0, 0.1) is 5.92 Å². The second-order valence-corrected chi connectivity index (χ2v) is 11.8. The maximum Gasteiger partial charge on any atom is 0.248 e. The Morgan fingerprint density at radius 2 is 2.07 bits per heavy atom. The number of ether oxygens (including phenoxy) is 1. The number of hydrogen-bond donors (Lipinski definition) is 0. The molecule has 0 aromatic heterocycles. The number of amidine groups is 1. The fraction of sp³-hybridized carbons (Fsp3) is 0.600. The summed E-state index contributed by atoms with van der Waals surface area (Å²) >= 11 is 7.59. The quantitative estimate of drug-likeness (QED) is 0.668. The first-order valence-electron chi connectivity index (χ1n) is 9.97. The molecule has 1 saturated carbocycles. The second-order valence-electron chi connectivity index (χ2n) is 7.96. The van der Waals surface area contributed by atoms with Gasteiger partial charge in [-0.1, -0.05) is 49.0 Å². The van der Waals surface area contributed by atoms with Crippen LogP contribution in [0.25, 0.3) is 0 Å². The summed E-state index contributed by atoms with van der Waals surface area (Å²) in [6.45, 7) is 0. The third kappa shape index (κ3) is 4.59. The molecule has 3 fully saturated rings. The molecule has 0 unspecified atom stereocenters. The molecule has 0 radical (unpaired) electrons. The molecule has 3 aliphatic rings. The molecule has 9 heteroatoms. The van der Waals surface area contributed by atoms with E-state index in [9.17, 15) is 13.2 Å². The molecular weight excluding hydrogens is 432 g/mol. The topological polar surface area (TPSA) is 76.0 Å². The lowest BCUT2D eigenvalue weighted by Gasteiger charge is -2.26. The number of amides is 1. The van der Waals surface area contributed by atoms with Gasteiger partial charge >= 0.3 is 0 Å². The minimum atomic E-state index is -3.13. The van der Waals surface area contributed by atoms with E-state index in [0.717, 1.165) is 6.42 Å². The Balaban J connectivity index is 1.62. The van der Waals surface area contributed by atoms with Gasteiger partial charge in [0, 0.05) is 16.7 Å². The van der Waals surface area contributed by atoms with Crippen LogP contribution < -0.4 is 9.64 Å². The van der Waals surface area contributed by atoms with Crippen molar-refractivity contribution >= 4 is 50.0 Å². The lowest BCUT2D eigenvalue weighted by Crippen LogP contribution is -2.38. The summed E-state index contributed by atoms with van der Waals surface area (Å²) in [5.41, 5.74) is 0.652. The van der Waals surface area contributed by atoms with Gasteiger partial charge in [-0.25, -0.2) is 8.42 Å². The van der Waals surface area contributed by atoms with Gasteiger partial charge in [-0.05, 0) is 30.5 Å². The number of methoxy groups -OCH3 is 1. The van der Waals surface area contributed by atoms with E-state index < -0.39 is 9.84 Å². The number of aliphatic imine (C=N–C) groups is 1. The number of nitrogens with zero attached hydrogens (tertiary/aromatic N) is 2. The summed E-state index contributed by atoms with van der Waals surface area (Å²) in [5, 5.41) is 0.916. The predicted molar refractivity (Wildman–Crippen MR) is 118 cm³/mol. The number of rotatable bonds is 5. The Morgan fingerprint density at radius 3 is 2.79 bits per heavy atom. The molecule has 6 nitrogen and oxygen atoms in total. The van der Waals surface area contributed by atoms with Crippen LogP contribution in [0.2, 0.25) is 5.02 Å². The molecule has 158 valence electrons. The van der Waals surface area contributed by atoms with E-state index >= 15 is 0 Å². The van der Waals surface area contributed by atoms with Crippen LogP contribution in [-0.4, -0.2) is 49.4 Å². The van der Waals surface area contributed by atoms with Gasteiger partial charge in [0.1, 0.15) is 5.75 Å². The number of thioether (sulfide) groups is 1. The number of carbonyl (C=O) groups excluding carboxylic acids is 1. The average Bonchev–Trinajstić information content (AvgIpc) is 3.34. The number of halogens is 1. The summed E-state index contributed by atoms with van der Waals surface area (Å²) in [6.07, 6.45) is 6.22. The normalized spacial score (nSPS) is 27.5. The van der Waals surface area contributed by atoms with Crippen LogP contribution in [0.5, 0.6) is 5.75 Å². The van der Waals surface area contributed by atoms with Crippen LogP contribution in [-0.2, 0) is 14.6 Å². The number of benzene rings is 1. The molecule has 2 atom stereocenters. The maximum atomic E-state index is 12.6. The van der Waals surface area contributed by atoms with Crippen LogP contribution in [0.4, 0.5) is 5.69 Å². The molecule has 1 amide bonds. The van der Waals surface area contributed by atoms with Gasteiger partial charge in [0.25, 0.3) is 0 Å². The highest BCUT2D eigenvalue weighted by atomic mass is 35.5. The van der Waals surface area contributed by atoms with Crippen molar-refractivity contribution in [1.29, 1.82) is 0 Å². The SMILES string of the molecule is COc1ccc(Cl)cc1N1C(=NC(=O)CCC2CCCC2)S[C@H]2CS(=O)(=O)C[C@@H]21. The molecule has 0 bridgehead atoms. The van der Waals surface area contributed by atoms with Crippen molar-refractivity contribution in [2.45, 2.75) is 49.8 Å². The summed E-state index contributed by atoms with van der Waals surface area (Å²) in [7, 11) is -1.57. The van der Waals surface area contributed by atoms with Crippen LogP contribution in [0.15, 0.2) is 23.2 Å². The summed E-state index contributed by atoms with van der Waals surface area (Å²) < 4.78 is 29.9. The van der Waals surface area contributed by atoms with Gasteiger partial charge in [0.05, 0.1) is 30.3 Å². The lowest BCUT2D eigenvalue weighted by molar-refractivity contribution is -0.118. The van der Waals surface area contributed by atoms with Crippen molar-refractivity contribution in [2.75, 3.05) is 23.5 Å². The zero-order valence-electron chi connectivity index (χ0n) is 16.3. The molecule has 2 saturated heterocycles. The average molecular weight is 457 g/mol. The van der Waals surface area contributed by atoms with Gasteiger partial charge < -0.3 is 9.64 Å². The second kappa shape index (κ2) is 8.47. The number of hydrogen-bond acceptors (Lipinski definition) is 5. The zero-order chi connectivity index (χ0) is 20.6. The Hall–Kier alpha value is -1.25. The first-order chi connectivity index (χ1) is 13.9. The van der Waals surface area contributed by atoms with Crippen molar-refractivity contribution in [3.63, 3.8) is 0 Å². The largest absolute Gasteiger partial charge is 0.495 e. The van der Waals surface area contributed by atoms with Gasteiger partial charge in [0.15, 0.2) is 15.0 Å². The van der Waals surface area contributed by atoms with Crippen molar-refractivity contribution in [1.82, 2.24) is 0 Å². The van der Waals surface area contributed by atoms with E-state index in [-0.39, 0.29) is 28.7 Å². The third-order valence-corrected chi connectivity index (χ3v) is 9.37. The fourth-order valence-corrected chi connectivity index (χ4v) is 8.58. The van der Waals surface area contributed by atoms with Crippen LogP contribution in [0.1, 0.15) is 38.5 Å². The van der Waals surface area contributed by atoms with Crippen molar-refractivity contribution < 1.29 is 17.9 Å². The highest BCUT2D eigenvalue weighted by molar-refractivity contribution is 8.16. The van der Waals surface area contributed by atoms with Crippen molar-refractivity contribution in [3.05, 3.63) is 23.2 Å². The monoisotopic (exact) mass is 456 g/mol. The van der Waals surface area contributed by atoms with Crippen molar-refractivity contribution in [2.24, 2.45) is 10.9 Å². The van der Waals surface area contributed by atoms with E-state index in [4.69, 9.17) is 16.3 Å². The van der Waals surface area contributed by atoms with Crippen LogP contribution in [0.3, 0.4) is 0 Å². The smallest absolute Gasteiger partial charge is 0.248 e. The molecule has 4 rings (SSSR count). The minimum Gasteiger partial charge on any atom is -0.495 e. The van der Waals surface area contributed by atoms with Gasteiger partial charge in [-0.3, -0.25) is 4.79 Å². The van der Waals surface area contributed by atoms with E-state index in [0.29, 0.717) is 34.0 Å². The van der Waals surface area contributed by atoms with E-state index in [1.165, 1.54) is 37.4 Å². The summed E-state index contributed by atoms with van der Waals surface area (Å²) in [4.78, 5) is 18.8. The number of sulfone groups is 1. The highest BCUT2D eigenvalue weighted by Crippen LogP contribution is 2.44. The van der Waals surface area contributed by atoms with Gasteiger partial charge in [-0.2, -0.15) is 4.99 Å². The number of fused-ring (bicyclic) bond motifs is 1. The molecule has 29 heavy (non-hydrogen) atoms. The third-order valence-electron chi connectivity index (χ3n) is 5.93. The molecule has 1 aromatic carbocycles. The fourth-order valence-electron chi connectivity index (χ4n) is 4.49. The maximum absolute atomic E-state index is 12.6. The Bertz CT molecular complexity index is 928. The summed E-state index contributed by atoms with van der Waals surface area (Å²) in [5.74, 6) is 1.19. The van der Waals surface area contributed by atoms with Crippen LogP contribution >= 0.6 is 23.4 Å². The van der Waals surface area contributed by atoms with E-state index in [1.807, 2.05) is 4.90 Å². The predicted octanol–water partition coefficient (Wildman–Crippen LogP) is 3.92. The molecular formula is C20H25ClN2O4S2. The Labute approximate surface area is 181 Å². The molecule has 0 N–H and O–H groups in total. The first kappa shape index (κ1) is 21.0. The summed E-state index contributed by atoms with van der Waals surface area (Å²) in [6, 6.07) is 4.93. The molecule has 1 aromatic rings. The zero-order valence-corrected chi connectivity index (χ0v) is 18.7. The van der Waals surface area contributed by atoms with Gasteiger partial charge in [-0.15, -0.1) is 0 Å². The molecule has 2 aliphatic heterocycles. The minimum absolute atomic E-state index is 0.0373. The van der Waals surface area contributed by atoms with E-state index in [1.54, 1.807) is 25.3 Å².